The number of hydrogen-bond acceptors (Lipinski definition) is 6. The molecule has 2 N–H and O–H groups in total. The predicted molar refractivity (Wildman–Crippen MR) is 133 cm³/mol. The van der Waals surface area contributed by atoms with Crippen LogP contribution in [-0.2, 0) is 11.2 Å². The normalized spacial score (nSPS) is 11.5. The van der Waals surface area contributed by atoms with E-state index in [1.165, 1.54) is 11.3 Å². The summed E-state index contributed by atoms with van der Waals surface area (Å²) in [5.74, 6) is -0.142. The average Bonchev–Trinajstić information content (AvgIpc) is 3.33. The van der Waals surface area contributed by atoms with Gasteiger partial charge in [0, 0.05) is 12.0 Å². The molecule has 0 fully saturated rings. The SMILES string of the molecule is COc1cccc(-c2nnc(NC(=O)[C@@H](Cc3ccccc3)NC(=O)c3ccccc3Cl)s2)c1. The van der Waals surface area contributed by atoms with E-state index in [9.17, 15) is 9.59 Å². The standard InChI is InChI=1S/C25H21ClN4O3S/c1-33-18-11-7-10-17(15-18)24-29-30-25(34-24)28-23(32)21(14-16-8-3-2-4-9-16)27-22(31)19-12-5-6-13-20(19)26/h2-13,15,21H,14H2,1H3,(H,27,31)(H,28,30,32)/t21-/m1/s1. The third-order valence-corrected chi connectivity index (χ3v) is 6.21. The maximum Gasteiger partial charge on any atom is 0.253 e. The molecule has 0 unspecified atom stereocenters. The number of carbonyl (C=O) groups excluding carboxylic acids is 2. The van der Waals surface area contributed by atoms with Gasteiger partial charge in [0.1, 0.15) is 16.8 Å². The van der Waals surface area contributed by atoms with E-state index < -0.39 is 17.9 Å². The van der Waals surface area contributed by atoms with Crippen molar-refractivity contribution in [3.8, 4) is 16.3 Å². The van der Waals surface area contributed by atoms with E-state index in [4.69, 9.17) is 16.3 Å². The molecule has 3 aromatic carbocycles. The topological polar surface area (TPSA) is 93.2 Å². The molecule has 4 aromatic rings. The van der Waals surface area contributed by atoms with Gasteiger partial charge in [-0.05, 0) is 29.8 Å². The van der Waals surface area contributed by atoms with Gasteiger partial charge in [-0.1, -0.05) is 77.5 Å². The van der Waals surface area contributed by atoms with Gasteiger partial charge in [-0.15, -0.1) is 10.2 Å². The summed E-state index contributed by atoms with van der Waals surface area (Å²) in [6, 6.07) is 22.7. The van der Waals surface area contributed by atoms with Crippen LogP contribution in [0.15, 0.2) is 78.9 Å². The molecule has 0 saturated carbocycles. The Morgan fingerprint density at radius 3 is 2.53 bits per heavy atom. The van der Waals surface area contributed by atoms with Gasteiger partial charge in [0.05, 0.1) is 17.7 Å². The van der Waals surface area contributed by atoms with Gasteiger partial charge in [0.25, 0.3) is 5.91 Å². The van der Waals surface area contributed by atoms with Crippen LogP contribution in [0.5, 0.6) is 5.75 Å². The quantitative estimate of drug-likeness (QED) is 0.367. The minimum absolute atomic E-state index is 0.296. The van der Waals surface area contributed by atoms with Crippen molar-refractivity contribution in [2.45, 2.75) is 12.5 Å². The van der Waals surface area contributed by atoms with E-state index in [-0.39, 0.29) is 0 Å². The van der Waals surface area contributed by atoms with Gasteiger partial charge in [0.15, 0.2) is 0 Å². The first-order valence-electron chi connectivity index (χ1n) is 10.4. The third kappa shape index (κ3) is 5.78. The molecule has 2 amide bonds. The molecule has 9 heteroatoms. The van der Waals surface area contributed by atoms with Crippen LogP contribution in [0.2, 0.25) is 5.02 Å². The molecule has 0 spiro atoms. The van der Waals surface area contributed by atoms with Crippen LogP contribution in [0.4, 0.5) is 5.13 Å². The van der Waals surface area contributed by atoms with Crippen molar-refractivity contribution >= 4 is 39.9 Å². The van der Waals surface area contributed by atoms with E-state index in [1.807, 2.05) is 54.6 Å². The van der Waals surface area contributed by atoms with Crippen LogP contribution in [0.25, 0.3) is 10.6 Å². The fourth-order valence-corrected chi connectivity index (χ4v) is 4.24. The van der Waals surface area contributed by atoms with Gasteiger partial charge in [-0.3, -0.25) is 14.9 Å². The number of anilines is 1. The van der Waals surface area contributed by atoms with Crippen molar-refractivity contribution in [1.82, 2.24) is 15.5 Å². The van der Waals surface area contributed by atoms with Crippen molar-refractivity contribution < 1.29 is 14.3 Å². The molecular formula is C25H21ClN4O3S. The largest absolute Gasteiger partial charge is 0.497 e. The number of rotatable bonds is 8. The average molecular weight is 493 g/mol. The second-order valence-electron chi connectivity index (χ2n) is 7.33. The van der Waals surface area contributed by atoms with Gasteiger partial charge in [-0.2, -0.15) is 0 Å². The molecule has 1 aromatic heterocycles. The molecular weight excluding hydrogens is 472 g/mol. The number of carbonyl (C=O) groups is 2. The van der Waals surface area contributed by atoms with Crippen molar-refractivity contribution in [1.29, 1.82) is 0 Å². The highest BCUT2D eigenvalue weighted by Crippen LogP contribution is 2.29. The summed E-state index contributed by atoms with van der Waals surface area (Å²) in [5, 5.41) is 15.1. The number of aromatic nitrogens is 2. The smallest absolute Gasteiger partial charge is 0.253 e. The summed E-state index contributed by atoms with van der Waals surface area (Å²) in [6.45, 7) is 0. The summed E-state index contributed by atoms with van der Waals surface area (Å²) in [6.07, 6.45) is 0.296. The lowest BCUT2D eigenvalue weighted by Gasteiger charge is -2.18. The van der Waals surface area contributed by atoms with E-state index in [1.54, 1.807) is 31.4 Å². The molecule has 1 heterocycles. The summed E-state index contributed by atoms with van der Waals surface area (Å²) < 4.78 is 5.25. The van der Waals surface area contributed by atoms with E-state index >= 15 is 0 Å². The molecule has 34 heavy (non-hydrogen) atoms. The zero-order valence-corrected chi connectivity index (χ0v) is 19.8. The predicted octanol–water partition coefficient (Wildman–Crippen LogP) is 4.85. The van der Waals surface area contributed by atoms with Crippen molar-refractivity contribution in [2.75, 3.05) is 12.4 Å². The van der Waals surface area contributed by atoms with Crippen LogP contribution in [-0.4, -0.2) is 35.2 Å². The lowest BCUT2D eigenvalue weighted by atomic mass is 10.0. The summed E-state index contributed by atoms with van der Waals surface area (Å²) in [5.41, 5.74) is 2.02. The fraction of sp³-hybridized carbons (Fsp3) is 0.120. The Hall–Kier alpha value is -3.75. The maximum atomic E-state index is 13.2. The highest BCUT2D eigenvalue weighted by Gasteiger charge is 2.24. The highest BCUT2D eigenvalue weighted by atomic mass is 35.5. The fourth-order valence-electron chi connectivity index (χ4n) is 3.28. The van der Waals surface area contributed by atoms with Gasteiger partial charge in [0.2, 0.25) is 11.0 Å². The van der Waals surface area contributed by atoms with E-state index in [2.05, 4.69) is 20.8 Å². The zero-order valence-electron chi connectivity index (χ0n) is 18.2. The van der Waals surface area contributed by atoms with Gasteiger partial charge >= 0.3 is 0 Å². The Morgan fingerprint density at radius 2 is 1.76 bits per heavy atom. The summed E-state index contributed by atoms with van der Waals surface area (Å²) in [4.78, 5) is 26.0. The first-order valence-corrected chi connectivity index (χ1v) is 11.6. The molecule has 0 bridgehead atoms. The lowest BCUT2D eigenvalue weighted by molar-refractivity contribution is -0.118. The lowest BCUT2D eigenvalue weighted by Crippen LogP contribution is -2.45. The number of amides is 2. The summed E-state index contributed by atoms with van der Waals surface area (Å²) >= 11 is 7.40. The second-order valence-corrected chi connectivity index (χ2v) is 8.71. The molecule has 0 saturated heterocycles. The van der Waals surface area contributed by atoms with Crippen molar-refractivity contribution in [3.63, 3.8) is 0 Å². The monoisotopic (exact) mass is 492 g/mol. The molecule has 172 valence electrons. The number of benzene rings is 3. The van der Waals surface area contributed by atoms with Crippen LogP contribution in [0.1, 0.15) is 15.9 Å². The Labute approximate surface area is 205 Å². The van der Waals surface area contributed by atoms with Crippen LogP contribution < -0.4 is 15.4 Å². The molecule has 0 aliphatic rings. The number of nitrogens with zero attached hydrogens (tertiary/aromatic N) is 2. The van der Waals surface area contributed by atoms with Crippen molar-refractivity contribution in [3.05, 3.63) is 95.0 Å². The van der Waals surface area contributed by atoms with E-state index in [0.717, 1.165) is 11.1 Å². The molecule has 0 radical (unpaired) electrons. The molecule has 7 nitrogen and oxygen atoms in total. The Balaban J connectivity index is 1.52. The summed E-state index contributed by atoms with van der Waals surface area (Å²) in [7, 11) is 1.59. The number of ether oxygens (including phenoxy) is 1. The Bertz CT molecular complexity index is 1300. The van der Waals surface area contributed by atoms with E-state index in [0.29, 0.717) is 32.9 Å². The Morgan fingerprint density at radius 1 is 1.00 bits per heavy atom. The van der Waals surface area contributed by atoms with Crippen LogP contribution in [0, 0.1) is 0 Å². The maximum absolute atomic E-state index is 13.2. The van der Waals surface area contributed by atoms with Crippen LogP contribution >= 0.6 is 22.9 Å². The van der Waals surface area contributed by atoms with Gasteiger partial charge < -0.3 is 10.1 Å². The van der Waals surface area contributed by atoms with Crippen LogP contribution in [0.3, 0.4) is 0 Å². The zero-order chi connectivity index (χ0) is 23.9. The number of hydrogen-bond donors (Lipinski definition) is 2. The molecule has 1 atom stereocenters. The molecule has 4 rings (SSSR count). The highest BCUT2D eigenvalue weighted by molar-refractivity contribution is 7.18. The number of methoxy groups -OCH3 is 1. The Kier molecular flexibility index (Phi) is 7.51. The van der Waals surface area contributed by atoms with Gasteiger partial charge in [-0.25, -0.2) is 0 Å². The molecule has 0 aliphatic carbocycles. The van der Waals surface area contributed by atoms with Crippen molar-refractivity contribution in [2.24, 2.45) is 0 Å². The molecule has 0 aliphatic heterocycles. The first-order chi connectivity index (χ1) is 16.5. The number of halogens is 1. The first kappa shape index (κ1) is 23.4. The number of nitrogens with one attached hydrogen (secondary N) is 2. The minimum atomic E-state index is -0.852. The third-order valence-electron chi connectivity index (χ3n) is 4.99. The minimum Gasteiger partial charge on any atom is -0.497 e. The second kappa shape index (κ2) is 10.9.